The monoisotopic (exact) mass is 321 g/mol. The highest BCUT2D eigenvalue weighted by molar-refractivity contribution is 9.10. The van der Waals surface area contributed by atoms with Crippen LogP contribution in [0.4, 0.5) is 0 Å². The lowest BCUT2D eigenvalue weighted by Crippen LogP contribution is -2.38. The molecule has 0 spiro atoms. The van der Waals surface area contributed by atoms with Gasteiger partial charge in [0.2, 0.25) is 10.0 Å². The van der Waals surface area contributed by atoms with Crippen LogP contribution in [0.5, 0.6) is 0 Å². The maximum absolute atomic E-state index is 12.3. The number of aliphatic hydroxyl groups is 1. The lowest BCUT2D eigenvalue weighted by atomic mass is 10.4. The first-order valence-electron chi connectivity index (χ1n) is 5.28. The summed E-state index contributed by atoms with van der Waals surface area (Å²) in [5, 5.41) is 8.93. The highest BCUT2D eigenvalue weighted by Gasteiger charge is 2.26. The summed E-state index contributed by atoms with van der Waals surface area (Å²) in [6, 6.07) is 6.28. The largest absolute Gasteiger partial charge is 0.395 e. The van der Waals surface area contributed by atoms with Gasteiger partial charge in [-0.15, -0.1) is 0 Å². The van der Waals surface area contributed by atoms with Gasteiger partial charge < -0.3 is 5.11 Å². The van der Waals surface area contributed by atoms with E-state index in [0.717, 1.165) is 4.47 Å². The molecule has 0 amide bonds. The Hall–Kier alpha value is -0.430. The number of benzene rings is 1. The van der Waals surface area contributed by atoms with E-state index in [4.69, 9.17) is 5.11 Å². The molecule has 0 saturated heterocycles. The van der Waals surface area contributed by atoms with E-state index in [1.165, 1.54) is 4.31 Å². The summed E-state index contributed by atoms with van der Waals surface area (Å²) in [6.07, 6.45) is 0. The molecule has 17 heavy (non-hydrogen) atoms. The minimum atomic E-state index is -3.53. The number of halogens is 1. The molecule has 0 aliphatic rings. The summed E-state index contributed by atoms with van der Waals surface area (Å²) in [4.78, 5) is 0.239. The number of aliphatic hydroxyl groups excluding tert-OH is 1. The van der Waals surface area contributed by atoms with Crippen molar-refractivity contribution in [2.45, 2.75) is 24.8 Å². The Balaban J connectivity index is 3.12. The molecule has 0 aliphatic carbocycles. The normalized spacial score (nSPS) is 12.4. The first-order valence-corrected chi connectivity index (χ1v) is 7.51. The van der Waals surface area contributed by atoms with Gasteiger partial charge in [-0.2, -0.15) is 4.31 Å². The Bertz CT molecular complexity index is 456. The Morgan fingerprint density at radius 2 is 1.82 bits per heavy atom. The molecule has 0 bridgehead atoms. The molecule has 0 fully saturated rings. The zero-order valence-electron chi connectivity index (χ0n) is 9.80. The molecule has 1 rings (SSSR count). The number of sulfonamides is 1. The van der Waals surface area contributed by atoms with Gasteiger partial charge in [-0.05, 0) is 38.1 Å². The zero-order chi connectivity index (χ0) is 13.1. The minimum absolute atomic E-state index is 0.107. The van der Waals surface area contributed by atoms with Gasteiger partial charge >= 0.3 is 0 Å². The second-order valence-corrected chi connectivity index (χ2v) is 6.69. The summed E-state index contributed by atoms with van der Waals surface area (Å²) in [5.74, 6) is 0. The van der Waals surface area contributed by atoms with Crippen molar-refractivity contribution in [1.29, 1.82) is 0 Å². The van der Waals surface area contributed by atoms with Crippen LogP contribution in [0.3, 0.4) is 0 Å². The van der Waals surface area contributed by atoms with Crippen LogP contribution in [0.25, 0.3) is 0 Å². The van der Waals surface area contributed by atoms with Crippen LogP contribution in [-0.4, -0.2) is 37.0 Å². The van der Waals surface area contributed by atoms with Crippen LogP contribution in [0.1, 0.15) is 13.8 Å². The molecular weight excluding hydrogens is 306 g/mol. The average molecular weight is 322 g/mol. The second-order valence-electron chi connectivity index (χ2n) is 3.89. The van der Waals surface area contributed by atoms with Gasteiger partial charge in [0.1, 0.15) is 0 Å². The summed E-state index contributed by atoms with van der Waals surface area (Å²) in [6.45, 7) is 3.49. The Morgan fingerprint density at radius 1 is 1.29 bits per heavy atom. The van der Waals surface area contributed by atoms with Crippen LogP contribution in [0.2, 0.25) is 0 Å². The van der Waals surface area contributed by atoms with Crippen molar-refractivity contribution < 1.29 is 13.5 Å². The van der Waals surface area contributed by atoms with Crippen molar-refractivity contribution in [2.24, 2.45) is 0 Å². The lowest BCUT2D eigenvalue weighted by molar-refractivity contribution is 0.236. The van der Waals surface area contributed by atoms with Gasteiger partial charge in [0.15, 0.2) is 0 Å². The van der Waals surface area contributed by atoms with Crippen LogP contribution in [-0.2, 0) is 10.0 Å². The van der Waals surface area contributed by atoms with E-state index in [9.17, 15) is 8.42 Å². The van der Waals surface area contributed by atoms with E-state index >= 15 is 0 Å². The van der Waals surface area contributed by atoms with E-state index < -0.39 is 10.0 Å². The fourth-order valence-electron chi connectivity index (χ4n) is 1.50. The van der Waals surface area contributed by atoms with Crippen molar-refractivity contribution in [1.82, 2.24) is 4.31 Å². The minimum Gasteiger partial charge on any atom is -0.395 e. The van der Waals surface area contributed by atoms with Crippen molar-refractivity contribution >= 4 is 26.0 Å². The molecule has 4 nitrogen and oxygen atoms in total. The molecule has 0 aromatic heterocycles. The van der Waals surface area contributed by atoms with Gasteiger partial charge in [-0.3, -0.25) is 0 Å². The average Bonchev–Trinajstić information content (AvgIpc) is 2.25. The summed E-state index contributed by atoms with van der Waals surface area (Å²) < 4.78 is 26.7. The quantitative estimate of drug-likeness (QED) is 0.900. The molecule has 0 aliphatic heterocycles. The maximum atomic E-state index is 12.3. The van der Waals surface area contributed by atoms with Crippen molar-refractivity contribution in [3.8, 4) is 0 Å². The predicted molar refractivity (Wildman–Crippen MR) is 70.3 cm³/mol. The highest BCUT2D eigenvalue weighted by atomic mass is 79.9. The highest BCUT2D eigenvalue weighted by Crippen LogP contribution is 2.20. The topological polar surface area (TPSA) is 57.6 Å². The summed E-state index contributed by atoms with van der Waals surface area (Å²) in [5.41, 5.74) is 0. The molecule has 0 atom stereocenters. The third-order valence-corrected chi connectivity index (χ3v) is 4.93. The summed E-state index contributed by atoms with van der Waals surface area (Å²) in [7, 11) is -3.53. The van der Waals surface area contributed by atoms with Crippen molar-refractivity contribution in [2.75, 3.05) is 13.2 Å². The van der Waals surface area contributed by atoms with E-state index in [1.54, 1.807) is 38.1 Å². The first kappa shape index (κ1) is 14.6. The molecule has 1 aromatic carbocycles. The van der Waals surface area contributed by atoms with Crippen LogP contribution >= 0.6 is 15.9 Å². The van der Waals surface area contributed by atoms with Gasteiger partial charge in [0, 0.05) is 17.1 Å². The fraction of sp³-hybridized carbons (Fsp3) is 0.455. The smallest absolute Gasteiger partial charge is 0.243 e. The second kappa shape index (κ2) is 5.95. The van der Waals surface area contributed by atoms with Crippen LogP contribution < -0.4 is 0 Å². The number of hydrogen-bond donors (Lipinski definition) is 1. The summed E-state index contributed by atoms with van der Waals surface area (Å²) >= 11 is 3.26. The molecule has 0 radical (unpaired) electrons. The molecular formula is C11H16BrNO3S. The number of hydrogen-bond acceptors (Lipinski definition) is 3. The molecule has 6 heteroatoms. The number of nitrogens with zero attached hydrogens (tertiary/aromatic N) is 1. The Labute approximate surface area is 110 Å². The van der Waals surface area contributed by atoms with Crippen molar-refractivity contribution in [3.63, 3.8) is 0 Å². The van der Waals surface area contributed by atoms with Crippen molar-refractivity contribution in [3.05, 3.63) is 28.7 Å². The predicted octanol–water partition coefficient (Wildman–Crippen LogP) is 1.84. The fourth-order valence-corrected chi connectivity index (χ4v) is 3.39. The van der Waals surface area contributed by atoms with E-state index in [-0.39, 0.29) is 24.1 Å². The molecule has 96 valence electrons. The van der Waals surface area contributed by atoms with E-state index in [0.29, 0.717) is 0 Å². The van der Waals surface area contributed by atoms with E-state index in [2.05, 4.69) is 15.9 Å². The van der Waals surface area contributed by atoms with E-state index in [1.807, 2.05) is 0 Å². The van der Waals surface area contributed by atoms with Gasteiger partial charge in [0.25, 0.3) is 0 Å². The van der Waals surface area contributed by atoms with Crippen LogP contribution in [0.15, 0.2) is 33.6 Å². The van der Waals surface area contributed by atoms with Gasteiger partial charge in [0.05, 0.1) is 11.5 Å². The third-order valence-electron chi connectivity index (χ3n) is 2.32. The third kappa shape index (κ3) is 3.51. The molecule has 0 unspecified atom stereocenters. The first-order chi connectivity index (χ1) is 7.89. The Morgan fingerprint density at radius 3 is 2.24 bits per heavy atom. The van der Waals surface area contributed by atoms with Crippen LogP contribution in [0, 0.1) is 0 Å². The lowest BCUT2D eigenvalue weighted by Gasteiger charge is -2.25. The molecule has 1 N–H and O–H groups in total. The Kier molecular flexibility index (Phi) is 5.12. The molecule has 1 aromatic rings. The SMILES string of the molecule is CC(C)N(CCO)S(=O)(=O)c1ccc(Br)cc1. The molecule has 0 heterocycles. The zero-order valence-corrected chi connectivity index (χ0v) is 12.2. The standard InChI is InChI=1S/C11H16BrNO3S/c1-9(2)13(7-8-14)17(15,16)11-5-3-10(12)4-6-11/h3-6,9,14H,7-8H2,1-2H3. The van der Waals surface area contributed by atoms with Gasteiger partial charge in [-0.25, -0.2) is 8.42 Å². The maximum Gasteiger partial charge on any atom is 0.243 e. The number of rotatable bonds is 5. The van der Waals surface area contributed by atoms with Gasteiger partial charge in [-0.1, -0.05) is 15.9 Å². The molecule has 0 saturated carbocycles.